The number of alkyl halides is 3. The summed E-state index contributed by atoms with van der Waals surface area (Å²) in [6, 6.07) is 5.21. The minimum atomic E-state index is -4.68. The molecule has 0 aliphatic heterocycles. The Morgan fingerprint density at radius 2 is 1.75 bits per heavy atom. The van der Waals surface area contributed by atoms with E-state index < -0.39 is 29.5 Å². The van der Waals surface area contributed by atoms with Crippen molar-refractivity contribution < 1.29 is 37.3 Å². The largest absolute Gasteiger partial charge is 0.496 e. The Balaban J connectivity index is 2.66. The molecule has 0 unspecified atom stereocenters. The highest BCUT2D eigenvalue weighted by molar-refractivity contribution is 8.13. The molecule has 2 aromatic carbocycles. The Morgan fingerprint density at radius 1 is 1.14 bits per heavy atom. The number of methoxy groups -OCH3 is 1. The molecule has 0 aliphatic rings. The Labute approximate surface area is 163 Å². The van der Waals surface area contributed by atoms with E-state index in [9.17, 15) is 22.8 Å². The molecule has 0 heterocycles. The number of carboxylic acid groups (broad SMARTS) is 1. The molecular weight excluding hydrogens is 399 g/mol. The number of halogens is 3. The van der Waals surface area contributed by atoms with Crippen molar-refractivity contribution in [2.75, 3.05) is 27.3 Å². The maximum atomic E-state index is 13.6. The van der Waals surface area contributed by atoms with Crippen LogP contribution in [0.2, 0.25) is 0 Å². The highest BCUT2D eigenvalue weighted by Crippen LogP contribution is 2.46. The Morgan fingerprint density at radius 3 is 2.29 bits per heavy atom. The molecular formula is C18H18F3NO5S. The minimum absolute atomic E-state index is 0.147. The summed E-state index contributed by atoms with van der Waals surface area (Å²) in [7, 11) is 2.43. The van der Waals surface area contributed by atoms with E-state index in [0.29, 0.717) is 11.8 Å². The lowest BCUT2D eigenvalue weighted by Crippen LogP contribution is -2.28. The molecule has 152 valence electrons. The van der Waals surface area contributed by atoms with Gasteiger partial charge in [0, 0.05) is 12.4 Å². The van der Waals surface area contributed by atoms with E-state index in [0.717, 1.165) is 12.0 Å². The van der Waals surface area contributed by atoms with Crippen LogP contribution >= 0.6 is 11.8 Å². The van der Waals surface area contributed by atoms with Crippen molar-refractivity contribution in [1.82, 2.24) is 4.90 Å². The number of carbonyl (C=O) groups excluding carboxylic acids is 1. The van der Waals surface area contributed by atoms with E-state index in [4.69, 9.17) is 14.6 Å². The Hall–Kier alpha value is -2.62. The zero-order valence-corrected chi connectivity index (χ0v) is 16.1. The highest BCUT2D eigenvalue weighted by atomic mass is 32.2. The molecule has 1 N–H and O–H groups in total. The van der Waals surface area contributed by atoms with Crippen LogP contribution in [0.3, 0.4) is 0 Å². The fourth-order valence-corrected chi connectivity index (χ4v) is 3.52. The number of benzene rings is 2. The van der Waals surface area contributed by atoms with E-state index in [-0.39, 0.29) is 33.8 Å². The number of amides is 1. The zero-order chi connectivity index (χ0) is 21.1. The van der Waals surface area contributed by atoms with Crippen molar-refractivity contribution in [3.63, 3.8) is 0 Å². The van der Waals surface area contributed by atoms with E-state index in [2.05, 4.69) is 0 Å². The molecule has 0 bridgehead atoms. The summed E-state index contributed by atoms with van der Waals surface area (Å²) in [6.45, 7) is 1.40. The van der Waals surface area contributed by atoms with Gasteiger partial charge in [-0.1, -0.05) is 0 Å². The number of carboxylic acids is 1. The summed E-state index contributed by atoms with van der Waals surface area (Å²) in [5.74, 6) is -1.31. The molecule has 0 spiro atoms. The molecule has 0 fully saturated rings. The fourth-order valence-electron chi connectivity index (χ4n) is 2.61. The molecule has 2 rings (SSSR count). The molecule has 6 nitrogen and oxygen atoms in total. The second-order valence-corrected chi connectivity index (χ2v) is 6.64. The van der Waals surface area contributed by atoms with Crippen LogP contribution in [0.15, 0.2) is 29.2 Å². The summed E-state index contributed by atoms with van der Waals surface area (Å²) in [5.41, 5.74) is -0.955. The smallest absolute Gasteiger partial charge is 0.420 e. The third-order valence-electron chi connectivity index (χ3n) is 3.75. The molecule has 0 atom stereocenters. The van der Waals surface area contributed by atoms with Crippen LogP contribution in [0.5, 0.6) is 11.5 Å². The van der Waals surface area contributed by atoms with Gasteiger partial charge in [-0.25, -0.2) is 0 Å². The quantitative estimate of drug-likeness (QED) is 0.698. The topological polar surface area (TPSA) is 76.1 Å². The Bertz CT molecular complexity index is 901. The number of rotatable bonds is 6. The van der Waals surface area contributed by atoms with Crippen molar-refractivity contribution in [2.45, 2.75) is 18.0 Å². The van der Waals surface area contributed by atoms with Crippen molar-refractivity contribution in [3.8, 4) is 11.5 Å². The molecule has 0 aliphatic carbocycles. The summed E-state index contributed by atoms with van der Waals surface area (Å²) in [5, 5.41) is 8.19. The normalized spacial score (nSPS) is 11.4. The van der Waals surface area contributed by atoms with E-state index in [1.54, 1.807) is 6.92 Å². The standard InChI is InChI=1S/C18H18F3NO5S/c1-4-27-13-8-5-10-11(6-7-12(26-3)15(10)18(19,20)21)16(13)28-17(25)22(2)9-14(23)24/h5-8H,4,9H2,1-3H3,(H,23,24). The summed E-state index contributed by atoms with van der Waals surface area (Å²) in [4.78, 5) is 24.3. The summed E-state index contributed by atoms with van der Waals surface area (Å²) >= 11 is 0.613. The van der Waals surface area contributed by atoms with Gasteiger partial charge in [0.25, 0.3) is 5.24 Å². The first-order valence-electron chi connectivity index (χ1n) is 8.08. The highest BCUT2D eigenvalue weighted by Gasteiger charge is 2.37. The maximum absolute atomic E-state index is 13.6. The SMILES string of the molecule is CCOc1ccc2c(C(F)(F)F)c(OC)ccc2c1SC(=O)N(C)CC(=O)O. The second kappa shape index (κ2) is 8.59. The monoisotopic (exact) mass is 417 g/mol. The van der Waals surface area contributed by atoms with E-state index >= 15 is 0 Å². The van der Waals surface area contributed by atoms with Crippen LogP contribution in [-0.2, 0) is 11.0 Å². The first kappa shape index (κ1) is 21.7. The van der Waals surface area contributed by atoms with Gasteiger partial charge in [-0.15, -0.1) is 0 Å². The van der Waals surface area contributed by atoms with Gasteiger partial charge in [-0.05, 0) is 48.3 Å². The average molecular weight is 417 g/mol. The molecule has 0 saturated heterocycles. The lowest BCUT2D eigenvalue weighted by molar-refractivity contribution is -0.138. The third kappa shape index (κ3) is 4.61. The van der Waals surface area contributed by atoms with Crippen LogP contribution in [0.25, 0.3) is 10.8 Å². The van der Waals surface area contributed by atoms with Crippen LogP contribution < -0.4 is 9.47 Å². The van der Waals surface area contributed by atoms with Crippen molar-refractivity contribution in [2.24, 2.45) is 0 Å². The molecule has 28 heavy (non-hydrogen) atoms. The molecule has 0 saturated carbocycles. The van der Waals surface area contributed by atoms with Crippen molar-refractivity contribution >= 4 is 33.7 Å². The number of carbonyl (C=O) groups is 2. The summed E-state index contributed by atoms with van der Waals surface area (Å²) in [6.07, 6.45) is -4.68. The molecule has 0 radical (unpaired) electrons. The molecule has 0 aromatic heterocycles. The van der Waals surface area contributed by atoms with Crippen LogP contribution in [0.4, 0.5) is 18.0 Å². The predicted molar refractivity (Wildman–Crippen MR) is 98.2 cm³/mol. The number of fused-ring (bicyclic) bond motifs is 1. The number of aliphatic carboxylic acids is 1. The lowest BCUT2D eigenvalue weighted by Gasteiger charge is -2.19. The van der Waals surface area contributed by atoms with Gasteiger partial charge >= 0.3 is 12.1 Å². The second-order valence-electron chi connectivity index (χ2n) is 5.68. The Kier molecular flexibility index (Phi) is 6.65. The van der Waals surface area contributed by atoms with Gasteiger partial charge in [0.05, 0.1) is 18.6 Å². The van der Waals surface area contributed by atoms with Crippen LogP contribution in [0, 0.1) is 0 Å². The number of hydrogen-bond donors (Lipinski definition) is 1. The first-order chi connectivity index (χ1) is 13.1. The van der Waals surface area contributed by atoms with E-state index in [1.165, 1.54) is 31.3 Å². The number of thioether (sulfide) groups is 1. The van der Waals surface area contributed by atoms with E-state index in [1.807, 2.05) is 0 Å². The molecule has 2 aromatic rings. The predicted octanol–water partition coefficient (Wildman–Crippen LogP) is 4.49. The minimum Gasteiger partial charge on any atom is -0.496 e. The van der Waals surface area contributed by atoms with Crippen molar-refractivity contribution in [3.05, 3.63) is 29.8 Å². The van der Waals surface area contributed by atoms with Crippen molar-refractivity contribution in [1.29, 1.82) is 0 Å². The fraction of sp³-hybridized carbons (Fsp3) is 0.333. The third-order valence-corrected chi connectivity index (χ3v) is 4.87. The number of likely N-dealkylation sites (N-methyl/N-ethyl adjacent to an activating group) is 1. The first-order valence-corrected chi connectivity index (χ1v) is 8.90. The summed E-state index contributed by atoms with van der Waals surface area (Å²) < 4.78 is 51.2. The number of ether oxygens (including phenoxy) is 2. The average Bonchev–Trinajstić information content (AvgIpc) is 2.61. The number of hydrogen-bond acceptors (Lipinski definition) is 5. The molecule has 1 amide bonds. The van der Waals surface area contributed by atoms with Gasteiger partial charge in [-0.3, -0.25) is 9.59 Å². The van der Waals surface area contributed by atoms with Crippen LogP contribution in [0.1, 0.15) is 12.5 Å². The lowest BCUT2D eigenvalue weighted by atomic mass is 10.0. The zero-order valence-electron chi connectivity index (χ0n) is 15.3. The maximum Gasteiger partial charge on any atom is 0.420 e. The van der Waals surface area contributed by atoms with Gasteiger partial charge in [0.2, 0.25) is 0 Å². The number of nitrogens with zero attached hydrogens (tertiary/aromatic N) is 1. The van der Waals surface area contributed by atoms with Gasteiger partial charge in [0.1, 0.15) is 23.6 Å². The molecule has 10 heteroatoms. The van der Waals surface area contributed by atoms with Gasteiger partial charge in [-0.2, -0.15) is 13.2 Å². The van der Waals surface area contributed by atoms with Gasteiger partial charge < -0.3 is 19.5 Å². The van der Waals surface area contributed by atoms with Gasteiger partial charge in [0.15, 0.2) is 0 Å². The van der Waals surface area contributed by atoms with Crippen LogP contribution in [-0.4, -0.2) is 48.5 Å².